The second-order valence-corrected chi connectivity index (χ2v) is 2.79. The summed E-state index contributed by atoms with van der Waals surface area (Å²) in [7, 11) is 0. The van der Waals surface area contributed by atoms with Crippen molar-refractivity contribution in [1.82, 2.24) is 4.57 Å². The summed E-state index contributed by atoms with van der Waals surface area (Å²) in [5.41, 5.74) is -0.219. The average molecular weight is 188 g/mol. The molecule has 0 saturated carbocycles. The molecule has 4 heteroatoms. The van der Waals surface area contributed by atoms with Crippen molar-refractivity contribution in [3.8, 4) is 5.82 Å². The number of hydrogen-bond acceptors (Lipinski definition) is 2. The first-order valence-corrected chi connectivity index (χ1v) is 4.15. The maximum Gasteiger partial charge on any atom is 0.338 e. The van der Waals surface area contributed by atoms with Crippen molar-refractivity contribution < 1.29 is 4.73 Å². The Hall–Kier alpha value is -2.10. The molecule has 0 amide bonds. The van der Waals surface area contributed by atoms with Crippen LogP contribution < -0.4 is 10.3 Å². The zero-order valence-electron chi connectivity index (χ0n) is 7.33. The van der Waals surface area contributed by atoms with Gasteiger partial charge < -0.3 is 5.21 Å². The summed E-state index contributed by atoms with van der Waals surface area (Å²) in [6.07, 6.45) is 2.92. The monoisotopic (exact) mass is 188 g/mol. The Kier molecular flexibility index (Phi) is 2.02. The molecule has 0 aromatic carbocycles. The number of hydrogen-bond donors (Lipinski definition) is 0. The number of pyridine rings is 2. The molecule has 0 aliphatic carbocycles. The highest BCUT2D eigenvalue weighted by molar-refractivity contribution is 5.17. The molecule has 0 N–H and O–H groups in total. The molecule has 0 atom stereocenters. The molecule has 0 aliphatic rings. The quantitative estimate of drug-likeness (QED) is 0.482. The average Bonchev–Trinajstić information content (AvgIpc) is 2.20. The van der Waals surface area contributed by atoms with Crippen LogP contribution in [0, 0.1) is 5.21 Å². The van der Waals surface area contributed by atoms with Crippen LogP contribution >= 0.6 is 0 Å². The van der Waals surface area contributed by atoms with Crippen LogP contribution in [0.5, 0.6) is 0 Å². The second-order valence-electron chi connectivity index (χ2n) is 2.79. The highest BCUT2D eigenvalue weighted by Gasteiger charge is 2.07. The third-order valence-corrected chi connectivity index (χ3v) is 1.87. The van der Waals surface area contributed by atoms with E-state index in [0.717, 1.165) is 0 Å². The van der Waals surface area contributed by atoms with Gasteiger partial charge in [-0.25, -0.2) is 9.52 Å². The van der Waals surface area contributed by atoms with Gasteiger partial charge in [-0.15, -0.1) is 0 Å². The lowest BCUT2D eigenvalue weighted by atomic mass is 10.4. The van der Waals surface area contributed by atoms with Gasteiger partial charge in [0.15, 0.2) is 0 Å². The topological polar surface area (TPSA) is 48.9 Å². The van der Waals surface area contributed by atoms with E-state index in [-0.39, 0.29) is 5.56 Å². The lowest BCUT2D eigenvalue weighted by Crippen LogP contribution is -2.35. The molecular weight excluding hydrogens is 180 g/mol. The van der Waals surface area contributed by atoms with E-state index in [1.54, 1.807) is 36.5 Å². The van der Waals surface area contributed by atoms with Crippen molar-refractivity contribution in [2.24, 2.45) is 0 Å². The molecule has 0 unspecified atom stereocenters. The van der Waals surface area contributed by atoms with Crippen LogP contribution in [0.3, 0.4) is 0 Å². The molecule has 0 fully saturated rings. The summed E-state index contributed by atoms with van der Waals surface area (Å²) < 4.78 is 1.95. The van der Waals surface area contributed by atoms with Crippen LogP contribution in [-0.2, 0) is 0 Å². The highest BCUT2D eigenvalue weighted by atomic mass is 16.5. The van der Waals surface area contributed by atoms with E-state index in [4.69, 9.17) is 0 Å². The predicted octanol–water partition coefficient (Wildman–Crippen LogP) is 0.471. The van der Waals surface area contributed by atoms with E-state index < -0.39 is 0 Å². The fourth-order valence-corrected chi connectivity index (χ4v) is 1.22. The Morgan fingerprint density at radius 1 is 1.14 bits per heavy atom. The summed E-state index contributed by atoms with van der Waals surface area (Å²) in [6.45, 7) is 0. The third-order valence-electron chi connectivity index (χ3n) is 1.87. The lowest BCUT2D eigenvalue weighted by molar-refractivity contribution is -0.599. The second kappa shape index (κ2) is 3.33. The van der Waals surface area contributed by atoms with Crippen molar-refractivity contribution in [2.45, 2.75) is 0 Å². The molecule has 2 rings (SSSR count). The van der Waals surface area contributed by atoms with Gasteiger partial charge in [-0.1, -0.05) is 12.1 Å². The van der Waals surface area contributed by atoms with Crippen LogP contribution in [0.2, 0.25) is 0 Å². The lowest BCUT2D eigenvalue weighted by Gasteiger charge is -2.06. The van der Waals surface area contributed by atoms with E-state index in [0.29, 0.717) is 10.5 Å². The molecule has 0 aliphatic heterocycles. The van der Waals surface area contributed by atoms with E-state index in [9.17, 15) is 10.0 Å². The summed E-state index contributed by atoms with van der Waals surface area (Å²) in [5.74, 6) is 0.304. The van der Waals surface area contributed by atoms with Crippen molar-refractivity contribution >= 4 is 0 Å². The normalized spacial score (nSPS) is 10.0. The Balaban J connectivity index is 2.67. The summed E-state index contributed by atoms with van der Waals surface area (Å²) in [4.78, 5) is 11.4. The first kappa shape index (κ1) is 8.50. The highest BCUT2D eigenvalue weighted by Crippen LogP contribution is 1.95. The Labute approximate surface area is 80.3 Å². The van der Waals surface area contributed by atoms with Gasteiger partial charge in [0.1, 0.15) is 0 Å². The standard InChI is InChI=1S/C10H8N2O2/c13-10-6-2-3-7-11(10)9-5-1-4-8-12(9)14/h1-8H. The zero-order valence-corrected chi connectivity index (χ0v) is 7.33. The fraction of sp³-hybridized carbons (Fsp3) is 0. The van der Waals surface area contributed by atoms with E-state index in [1.807, 2.05) is 0 Å². The van der Waals surface area contributed by atoms with Gasteiger partial charge in [0.2, 0.25) is 0 Å². The summed E-state index contributed by atoms with van der Waals surface area (Å²) in [5, 5.41) is 11.3. The Morgan fingerprint density at radius 2 is 1.93 bits per heavy atom. The van der Waals surface area contributed by atoms with Gasteiger partial charge in [-0.2, -0.15) is 4.57 Å². The predicted molar refractivity (Wildman–Crippen MR) is 51.0 cm³/mol. The molecule has 2 aromatic rings. The van der Waals surface area contributed by atoms with Crippen LogP contribution in [0.1, 0.15) is 0 Å². The Morgan fingerprint density at radius 3 is 2.64 bits per heavy atom. The summed E-state index contributed by atoms with van der Waals surface area (Å²) >= 11 is 0. The van der Waals surface area contributed by atoms with Gasteiger partial charge in [-0.3, -0.25) is 0 Å². The molecular formula is C10H8N2O2. The minimum Gasteiger partial charge on any atom is -0.711 e. The maximum absolute atomic E-state index is 11.4. The van der Waals surface area contributed by atoms with Crippen LogP contribution in [0.15, 0.2) is 53.6 Å². The fourth-order valence-electron chi connectivity index (χ4n) is 1.22. The zero-order chi connectivity index (χ0) is 9.97. The number of aromatic nitrogens is 2. The molecule has 0 bridgehead atoms. The van der Waals surface area contributed by atoms with E-state index in [1.165, 1.54) is 16.8 Å². The van der Waals surface area contributed by atoms with Crippen LogP contribution in [0.4, 0.5) is 0 Å². The maximum atomic E-state index is 11.4. The van der Waals surface area contributed by atoms with Crippen molar-refractivity contribution in [1.29, 1.82) is 0 Å². The summed E-state index contributed by atoms with van der Waals surface area (Å²) in [6, 6.07) is 9.67. The van der Waals surface area contributed by atoms with Crippen molar-refractivity contribution in [2.75, 3.05) is 0 Å². The molecule has 2 aromatic heterocycles. The van der Waals surface area contributed by atoms with Crippen molar-refractivity contribution in [3.63, 3.8) is 0 Å². The molecule has 0 saturated heterocycles. The van der Waals surface area contributed by atoms with Crippen LogP contribution in [-0.4, -0.2) is 4.57 Å². The van der Waals surface area contributed by atoms with Gasteiger partial charge in [-0.05, 0) is 12.1 Å². The smallest absolute Gasteiger partial charge is 0.338 e. The molecule has 0 spiro atoms. The minimum absolute atomic E-state index is 0.219. The van der Waals surface area contributed by atoms with E-state index in [2.05, 4.69) is 0 Å². The van der Waals surface area contributed by atoms with Crippen molar-refractivity contribution in [3.05, 3.63) is 64.4 Å². The molecule has 4 nitrogen and oxygen atoms in total. The van der Waals surface area contributed by atoms with Crippen LogP contribution in [0.25, 0.3) is 5.82 Å². The van der Waals surface area contributed by atoms with Gasteiger partial charge in [0, 0.05) is 12.1 Å². The number of rotatable bonds is 1. The van der Waals surface area contributed by atoms with Gasteiger partial charge >= 0.3 is 5.56 Å². The molecule has 70 valence electrons. The molecule has 0 radical (unpaired) electrons. The molecule has 14 heavy (non-hydrogen) atoms. The van der Waals surface area contributed by atoms with Gasteiger partial charge in [0.05, 0.1) is 12.4 Å². The van der Waals surface area contributed by atoms with E-state index >= 15 is 0 Å². The molecule has 2 heterocycles. The first-order valence-electron chi connectivity index (χ1n) is 4.15. The first-order chi connectivity index (χ1) is 6.79. The number of nitrogens with zero attached hydrogens (tertiary/aromatic N) is 2. The minimum atomic E-state index is -0.219. The Bertz CT molecular complexity index is 505. The largest absolute Gasteiger partial charge is 0.711 e. The SMILES string of the molecule is O=c1ccccn1-c1cccc[n+]1[O-]. The third kappa shape index (κ3) is 1.37. The van der Waals surface area contributed by atoms with Gasteiger partial charge in [0.25, 0.3) is 5.82 Å².